The number of nitrogens with two attached hydrogens (primary N) is 1. The van der Waals surface area contributed by atoms with Crippen LogP contribution in [0, 0.1) is 0 Å². The minimum Gasteiger partial charge on any atom is -0.484 e. The summed E-state index contributed by atoms with van der Waals surface area (Å²) in [5.41, 5.74) is 7.06. The van der Waals surface area contributed by atoms with Gasteiger partial charge in [0.25, 0.3) is 5.91 Å². The molecule has 0 spiro atoms. The lowest BCUT2D eigenvalue weighted by molar-refractivity contribution is -0.123. The quantitative estimate of drug-likeness (QED) is 0.661. The summed E-state index contributed by atoms with van der Waals surface area (Å²) in [4.78, 5) is 11.5. The Labute approximate surface area is 134 Å². The summed E-state index contributed by atoms with van der Waals surface area (Å²) in [6, 6.07) is 5.78. The van der Waals surface area contributed by atoms with Gasteiger partial charge in [-0.15, -0.1) is 0 Å². The highest BCUT2D eigenvalue weighted by Gasteiger charge is 2.08. The van der Waals surface area contributed by atoms with Crippen LogP contribution >= 0.6 is 15.9 Å². The van der Waals surface area contributed by atoms with E-state index in [0.717, 1.165) is 22.9 Å². The van der Waals surface area contributed by atoms with Gasteiger partial charge in [0.05, 0.1) is 6.61 Å². The van der Waals surface area contributed by atoms with Crippen molar-refractivity contribution < 1.29 is 14.3 Å². The van der Waals surface area contributed by atoms with Crippen molar-refractivity contribution in [2.24, 2.45) is 5.73 Å². The van der Waals surface area contributed by atoms with Crippen molar-refractivity contribution in [2.75, 3.05) is 26.9 Å². The molecule has 0 heterocycles. The molecule has 1 aromatic rings. The fourth-order valence-electron chi connectivity index (χ4n) is 1.72. The van der Waals surface area contributed by atoms with Crippen LogP contribution in [-0.2, 0) is 16.0 Å². The van der Waals surface area contributed by atoms with E-state index in [9.17, 15) is 4.79 Å². The maximum atomic E-state index is 11.5. The third-order valence-corrected chi connectivity index (χ3v) is 3.80. The molecule has 0 aliphatic carbocycles. The van der Waals surface area contributed by atoms with Gasteiger partial charge in [-0.1, -0.05) is 22.9 Å². The highest BCUT2D eigenvalue weighted by atomic mass is 79.9. The van der Waals surface area contributed by atoms with E-state index in [1.54, 1.807) is 7.11 Å². The van der Waals surface area contributed by atoms with E-state index in [4.69, 9.17) is 15.2 Å². The second kappa shape index (κ2) is 9.76. The molecular weight excluding hydrogens is 336 g/mol. The zero-order chi connectivity index (χ0) is 15.7. The van der Waals surface area contributed by atoms with E-state index < -0.39 is 0 Å². The SMILES string of the molecule is CCC(N)Cc1cc(OCC(=O)NCCOC)ccc1Br. The number of benzene rings is 1. The van der Waals surface area contributed by atoms with Crippen molar-refractivity contribution in [3.8, 4) is 5.75 Å². The summed E-state index contributed by atoms with van der Waals surface area (Å²) >= 11 is 3.51. The van der Waals surface area contributed by atoms with E-state index >= 15 is 0 Å². The molecule has 0 bridgehead atoms. The average molecular weight is 359 g/mol. The van der Waals surface area contributed by atoms with Crippen molar-refractivity contribution in [1.29, 1.82) is 0 Å². The van der Waals surface area contributed by atoms with Crippen molar-refractivity contribution in [3.05, 3.63) is 28.2 Å². The normalized spacial score (nSPS) is 12.0. The molecule has 3 N–H and O–H groups in total. The van der Waals surface area contributed by atoms with E-state index in [1.807, 2.05) is 18.2 Å². The van der Waals surface area contributed by atoms with Crippen LogP contribution in [0.25, 0.3) is 0 Å². The zero-order valence-corrected chi connectivity index (χ0v) is 14.1. The van der Waals surface area contributed by atoms with Gasteiger partial charge in [0.15, 0.2) is 6.61 Å². The largest absolute Gasteiger partial charge is 0.484 e. The molecule has 1 atom stereocenters. The lowest BCUT2D eigenvalue weighted by Crippen LogP contribution is -2.31. The fourth-order valence-corrected chi connectivity index (χ4v) is 2.13. The molecule has 6 heteroatoms. The topological polar surface area (TPSA) is 73.6 Å². The van der Waals surface area contributed by atoms with Crippen LogP contribution in [0.2, 0.25) is 0 Å². The number of nitrogens with one attached hydrogen (secondary N) is 1. The van der Waals surface area contributed by atoms with Gasteiger partial charge in [-0.3, -0.25) is 4.79 Å². The monoisotopic (exact) mass is 358 g/mol. The number of amides is 1. The lowest BCUT2D eigenvalue weighted by atomic mass is 10.0. The fraction of sp³-hybridized carbons (Fsp3) is 0.533. The van der Waals surface area contributed by atoms with E-state index in [0.29, 0.717) is 18.9 Å². The molecular formula is C15H23BrN2O3. The van der Waals surface area contributed by atoms with Crippen LogP contribution in [-0.4, -0.2) is 38.8 Å². The lowest BCUT2D eigenvalue weighted by Gasteiger charge is -2.13. The molecule has 118 valence electrons. The first-order valence-electron chi connectivity index (χ1n) is 6.99. The molecule has 1 aromatic carbocycles. The van der Waals surface area contributed by atoms with Crippen molar-refractivity contribution in [1.82, 2.24) is 5.32 Å². The first-order valence-corrected chi connectivity index (χ1v) is 7.78. The highest BCUT2D eigenvalue weighted by Crippen LogP contribution is 2.24. The number of halogens is 1. The van der Waals surface area contributed by atoms with Crippen LogP contribution < -0.4 is 15.8 Å². The molecule has 21 heavy (non-hydrogen) atoms. The Balaban J connectivity index is 2.52. The molecule has 0 aliphatic heterocycles. The Kier molecular flexibility index (Phi) is 8.34. The van der Waals surface area contributed by atoms with Crippen molar-refractivity contribution >= 4 is 21.8 Å². The van der Waals surface area contributed by atoms with Gasteiger partial charge in [-0.2, -0.15) is 0 Å². The maximum Gasteiger partial charge on any atom is 0.258 e. The average Bonchev–Trinajstić information content (AvgIpc) is 2.48. The van der Waals surface area contributed by atoms with Crippen molar-refractivity contribution in [3.63, 3.8) is 0 Å². The number of rotatable bonds is 9. The predicted molar refractivity (Wildman–Crippen MR) is 86.5 cm³/mol. The maximum absolute atomic E-state index is 11.5. The first-order chi connectivity index (χ1) is 10.1. The van der Waals surface area contributed by atoms with Gasteiger partial charge in [-0.25, -0.2) is 0 Å². The van der Waals surface area contributed by atoms with Gasteiger partial charge in [0.1, 0.15) is 5.75 Å². The Morgan fingerprint density at radius 1 is 1.48 bits per heavy atom. The number of methoxy groups -OCH3 is 1. The van der Waals surface area contributed by atoms with Crippen LogP contribution in [0.15, 0.2) is 22.7 Å². The minimum absolute atomic E-state index is 0.00931. The zero-order valence-electron chi connectivity index (χ0n) is 12.5. The summed E-state index contributed by atoms with van der Waals surface area (Å²) in [6.07, 6.45) is 1.69. The van der Waals surface area contributed by atoms with Crippen LogP contribution in [0.5, 0.6) is 5.75 Å². The molecule has 1 unspecified atom stereocenters. The van der Waals surface area contributed by atoms with Crippen LogP contribution in [0.3, 0.4) is 0 Å². The number of hydrogen-bond acceptors (Lipinski definition) is 4. The van der Waals surface area contributed by atoms with E-state index in [2.05, 4.69) is 28.2 Å². The predicted octanol–water partition coefficient (Wildman–Crippen LogP) is 1.87. The smallest absolute Gasteiger partial charge is 0.258 e. The van der Waals surface area contributed by atoms with Crippen molar-refractivity contribution in [2.45, 2.75) is 25.8 Å². The van der Waals surface area contributed by atoms with Crippen LogP contribution in [0.4, 0.5) is 0 Å². The molecule has 0 aromatic heterocycles. The van der Waals surface area contributed by atoms with Gasteiger partial charge in [0, 0.05) is 24.2 Å². The summed E-state index contributed by atoms with van der Waals surface area (Å²) in [5, 5.41) is 2.70. The number of carbonyl (C=O) groups is 1. The molecule has 0 saturated carbocycles. The molecule has 0 aliphatic rings. The molecule has 1 amide bonds. The number of hydrogen-bond donors (Lipinski definition) is 2. The Morgan fingerprint density at radius 3 is 2.90 bits per heavy atom. The standard InChI is InChI=1S/C15H23BrN2O3/c1-3-12(17)8-11-9-13(4-5-14(11)16)21-10-15(19)18-6-7-20-2/h4-5,9,12H,3,6-8,10,17H2,1-2H3,(H,18,19). The minimum atomic E-state index is -0.165. The third kappa shape index (κ3) is 6.93. The number of carbonyl (C=O) groups excluding carboxylic acids is 1. The van der Waals surface area contributed by atoms with Crippen LogP contribution in [0.1, 0.15) is 18.9 Å². The molecule has 0 saturated heterocycles. The van der Waals surface area contributed by atoms with E-state index in [1.165, 1.54) is 0 Å². The summed E-state index contributed by atoms with van der Waals surface area (Å²) in [7, 11) is 1.59. The van der Waals surface area contributed by atoms with Gasteiger partial charge in [-0.05, 0) is 36.6 Å². The summed E-state index contributed by atoms with van der Waals surface area (Å²) < 4.78 is 11.4. The number of ether oxygens (including phenoxy) is 2. The Bertz CT molecular complexity index is 455. The summed E-state index contributed by atoms with van der Waals surface area (Å²) in [5.74, 6) is 0.500. The van der Waals surface area contributed by atoms with E-state index in [-0.39, 0.29) is 18.6 Å². The highest BCUT2D eigenvalue weighted by molar-refractivity contribution is 9.10. The first kappa shape index (κ1) is 17.9. The summed E-state index contributed by atoms with van der Waals surface area (Å²) in [6.45, 7) is 3.02. The molecule has 1 rings (SSSR count). The second-order valence-corrected chi connectivity index (χ2v) is 5.61. The second-order valence-electron chi connectivity index (χ2n) is 4.76. The Morgan fingerprint density at radius 2 is 2.24 bits per heavy atom. The molecule has 0 radical (unpaired) electrons. The Hall–Kier alpha value is -1.11. The van der Waals surface area contributed by atoms with Gasteiger partial charge >= 0.3 is 0 Å². The molecule has 5 nitrogen and oxygen atoms in total. The van der Waals surface area contributed by atoms with Gasteiger partial charge < -0.3 is 20.5 Å². The third-order valence-electron chi connectivity index (χ3n) is 3.02. The van der Waals surface area contributed by atoms with Gasteiger partial charge in [0.2, 0.25) is 0 Å². The molecule has 0 fully saturated rings.